The van der Waals surface area contributed by atoms with E-state index in [9.17, 15) is 0 Å². The lowest BCUT2D eigenvalue weighted by Gasteiger charge is -2.39. The summed E-state index contributed by atoms with van der Waals surface area (Å²) in [5, 5.41) is 0. The second-order valence-corrected chi connectivity index (χ2v) is 18.6. The summed E-state index contributed by atoms with van der Waals surface area (Å²) in [6.07, 6.45) is 6.03. The van der Waals surface area contributed by atoms with Gasteiger partial charge in [-0.15, -0.1) is 0 Å². The van der Waals surface area contributed by atoms with Gasteiger partial charge in [-0.1, -0.05) is 152 Å². The number of rotatable bonds is 10. The smallest absolute Gasteiger partial charge is 0.0520 e. The van der Waals surface area contributed by atoms with E-state index in [0.717, 1.165) is 24.2 Å². The van der Waals surface area contributed by atoms with Crippen molar-refractivity contribution in [3.63, 3.8) is 0 Å². The van der Waals surface area contributed by atoms with E-state index in [4.69, 9.17) is 0 Å². The minimum atomic E-state index is -0.0548. The Bertz CT molecular complexity index is 2670. The number of hydrogen-bond donors (Lipinski definition) is 0. The fraction of sp³-hybridized carbons (Fsp3) is 0.226. The molecule has 0 aromatic heterocycles. The summed E-state index contributed by atoms with van der Waals surface area (Å²) in [6.45, 7) is 17.8. The Hall–Kier alpha value is -6.64. The Morgan fingerprint density at radius 1 is 0.328 bits per heavy atom. The molecule has 0 radical (unpaired) electrons. The molecular weight excluding hydrogens is 773 g/mol. The third-order valence-corrected chi connectivity index (χ3v) is 13.9. The lowest BCUT2D eigenvalue weighted by molar-refractivity contribution is 0.346. The summed E-state index contributed by atoms with van der Waals surface area (Å²) in [5.41, 5.74) is 25.2. The van der Waals surface area contributed by atoms with Gasteiger partial charge < -0.3 is 9.80 Å². The van der Waals surface area contributed by atoms with Crippen LogP contribution in [0.15, 0.2) is 170 Å². The van der Waals surface area contributed by atoms with Crippen LogP contribution in [0.2, 0.25) is 0 Å². The topological polar surface area (TPSA) is 6.48 Å². The molecule has 1 saturated carbocycles. The standard InChI is InChI=1S/C62H62N2/c1-42-38-46(5)60(47(6)39-42)63(54-28-20-50(21-29-54)58-18-12-10-16-44(58)3)56-32-24-52(25-33-56)62(36-14-9-15-37-62)53-26-34-57(35-27-53)64(61-48(7)40-43(2)41-49(61)8)55-30-22-51(23-31-55)59-19-13-11-17-45(59)4/h10-13,16-35,38-41H,9,14-15,36-37H2,1-8H3. The monoisotopic (exact) mass is 834 g/mol. The maximum atomic E-state index is 2.47. The molecule has 1 aliphatic rings. The molecule has 320 valence electrons. The van der Waals surface area contributed by atoms with Crippen LogP contribution in [0.3, 0.4) is 0 Å². The van der Waals surface area contributed by atoms with E-state index in [1.165, 1.54) is 120 Å². The van der Waals surface area contributed by atoms with Gasteiger partial charge in [-0.05, 0) is 184 Å². The van der Waals surface area contributed by atoms with Crippen molar-refractivity contribution in [2.75, 3.05) is 9.80 Å². The van der Waals surface area contributed by atoms with E-state index in [1.54, 1.807) is 0 Å². The number of anilines is 6. The van der Waals surface area contributed by atoms with Gasteiger partial charge in [-0.3, -0.25) is 0 Å². The van der Waals surface area contributed by atoms with Crippen LogP contribution in [-0.2, 0) is 5.41 Å². The Balaban J connectivity index is 1.09. The fourth-order valence-corrected chi connectivity index (χ4v) is 11.0. The number of hydrogen-bond acceptors (Lipinski definition) is 2. The van der Waals surface area contributed by atoms with Crippen LogP contribution < -0.4 is 9.80 Å². The average molecular weight is 835 g/mol. The summed E-state index contributed by atoms with van der Waals surface area (Å²) in [5.74, 6) is 0. The summed E-state index contributed by atoms with van der Waals surface area (Å²) in [6, 6.07) is 64.1. The van der Waals surface area contributed by atoms with Crippen LogP contribution in [0.1, 0.15) is 87.7 Å². The molecule has 0 spiro atoms. The Labute approximate surface area is 382 Å². The number of aryl methyl sites for hydroxylation is 8. The maximum Gasteiger partial charge on any atom is 0.0520 e. The van der Waals surface area contributed by atoms with Gasteiger partial charge in [-0.25, -0.2) is 0 Å². The van der Waals surface area contributed by atoms with Crippen molar-refractivity contribution < 1.29 is 0 Å². The first-order valence-electron chi connectivity index (χ1n) is 23.3. The summed E-state index contributed by atoms with van der Waals surface area (Å²) in [7, 11) is 0. The van der Waals surface area contributed by atoms with E-state index in [0.29, 0.717) is 0 Å². The van der Waals surface area contributed by atoms with Gasteiger partial charge in [0.05, 0.1) is 11.4 Å². The van der Waals surface area contributed by atoms with Gasteiger partial charge in [0.15, 0.2) is 0 Å². The minimum Gasteiger partial charge on any atom is -0.310 e. The van der Waals surface area contributed by atoms with Gasteiger partial charge >= 0.3 is 0 Å². The zero-order chi connectivity index (χ0) is 44.5. The molecule has 9 rings (SSSR count). The molecule has 0 aliphatic heterocycles. The second kappa shape index (κ2) is 17.9. The first-order valence-corrected chi connectivity index (χ1v) is 23.3. The molecule has 0 saturated heterocycles. The molecule has 8 aromatic carbocycles. The van der Waals surface area contributed by atoms with Crippen LogP contribution in [0.5, 0.6) is 0 Å². The van der Waals surface area contributed by atoms with Crippen LogP contribution in [0, 0.1) is 55.4 Å². The highest BCUT2D eigenvalue weighted by atomic mass is 15.2. The van der Waals surface area contributed by atoms with Gasteiger partial charge in [-0.2, -0.15) is 0 Å². The quantitative estimate of drug-likeness (QED) is 0.135. The molecule has 8 aromatic rings. The average Bonchev–Trinajstić information content (AvgIpc) is 3.30. The van der Waals surface area contributed by atoms with Crippen molar-refractivity contribution in [3.05, 3.63) is 225 Å². The predicted octanol–water partition coefficient (Wildman–Crippen LogP) is 17.7. The lowest BCUT2D eigenvalue weighted by Crippen LogP contribution is -2.30. The van der Waals surface area contributed by atoms with Gasteiger partial charge in [0, 0.05) is 28.2 Å². The van der Waals surface area contributed by atoms with E-state index in [1.807, 2.05) is 0 Å². The maximum absolute atomic E-state index is 2.47. The van der Waals surface area contributed by atoms with E-state index in [2.05, 4.69) is 235 Å². The second-order valence-electron chi connectivity index (χ2n) is 18.6. The van der Waals surface area contributed by atoms with Gasteiger partial charge in [0.2, 0.25) is 0 Å². The highest BCUT2D eigenvalue weighted by Crippen LogP contribution is 2.48. The molecule has 0 bridgehead atoms. The Kier molecular flexibility index (Phi) is 11.9. The Morgan fingerprint density at radius 2 is 0.641 bits per heavy atom. The van der Waals surface area contributed by atoms with Gasteiger partial charge in [0.25, 0.3) is 0 Å². The van der Waals surface area contributed by atoms with Crippen LogP contribution in [0.4, 0.5) is 34.1 Å². The predicted molar refractivity (Wildman–Crippen MR) is 275 cm³/mol. The zero-order valence-corrected chi connectivity index (χ0v) is 39.1. The van der Waals surface area contributed by atoms with Crippen molar-refractivity contribution in [2.45, 2.75) is 92.9 Å². The highest BCUT2D eigenvalue weighted by molar-refractivity contribution is 5.84. The fourth-order valence-electron chi connectivity index (χ4n) is 11.0. The number of benzene rings is 8. The van der Waals surface area contributed by atoms with Crippen molar-refractivity contribution >= 4 is 34.1 Å². The zero-order valence-electron chi connectivity index (χ0n) is 39.1. The molecule has 2 nitrogen and oxygen atoms in total. The van der Waals surface area contributed by atoms with Gasteiger partial charge in [0.1, 0.15) is 0 Å². The summed E-state index contributed by atoms with van der Waals surface area (Å²) in [4.78, 5) is 4.93. The molecule has 0 amide bonds. The Morgan fingerprint density at radius 3 is 0.969 bits per heavy atom. The number of nitrogens with zero attached hydrogens (tertiary/aromatic N) is 2. The molecule has 2 heteroatoms. The highest BCUT2D eigenvalue weighted by Gasteiger charge is 2.36. The SMILES string of the molecule is Cc1cc(C)c(N(c2ccc(-c3ccccc3C)cc2)c2ccc(C3(c4ccc(N(c5ccc(-c6ccccc6C)cc5)c5c(C)cc(C)cc5C)cc4)CCCCC3)cc2)c(C)c1. The third-order valence-electron chi connectivity index (χ3n) is 13.9. The molecular formula is C62H62N2. The van der Waals surface area contributed by atoms with Crippen LogP contribution in [0.25, 0.3) is 22.3 Å². The first-order chi connectivity index (χ1) is 31.0. The molecule has 0 atom stereocenters. The molecule has 0 unspecified atom stereocenters. The van der Waals surface area contributed by atoms with Crippen molar-refractivity contribution in [3.8, 4) is 22.3 Å². The molecule has 0 N–H and O–H groups in total. The lowest BCUT2D eigenvalue weighted by atomic mass is 9.65. The van der Waals surface area contributed by atoms with Crippen molar-refractivity contribution in [2.24, 2.45) is 0 Å². The van der Waals surface area contributed by atoms with Crippen LogP contribution >= 0.6 is 0 Å². The van der Waals surface area contributed by atoms with E-state index < -0.39 is 0 Å². The van der Waals surface area contributed by atoms with Crippen molar-refractivity contribution in [1.82, 2.24) is 0 Å². The largest absolute Gasteiger partial charge is 0.310 e. The summed E-state index contributed by atoms with van der Waals surface area (Å²) >= 11 is 0. The first kappa shape index (κ1) is 42.7. The van der Waals surface area contributed by atoms with E-state index >= 15 is 0 Å². The molecule has 1 aliphatic carbocycles. The van der Waals surface area contributed by atoms with E-state index in [-0.39, 0.29) is 5.41 Å². The van der Waals surface area contributed by atoms with Crippen molar-refractivity contribution in [1.29, 1.82) is 0 Å². The normalized spacial score (nSPS) is 13.4. The molecule has 64 heavy (non-hydrogen) atoms. The molecule has 0 heterocycles. The third kappa shape index (κ3) is 8.19. The minimum absolute atomic E-state index is 0.0548. The van der Waals surface area contributed by atoms with Crippen LogP contribution in [-0.4, -0.2) is 0 Å². The molecule has 1 fully saturated rings. The summed E-state index contributed by atoms with van der Waals surface area (Å²) < 4.78 is 0.